The van der Waals surface area contributed by atoms with Crippen molar-refractivity contribution in [1.29, 1.82) is 0 Å². The Morgan fingerprint density at radius 3 is 1.87 bits per heavy atom. The zero-order valence-electron chi connectivity index (χ0n) is 25.5. The summed E-state index contributed by atoms with van der Waals surface area (Å²) in [5, 5.41) is 1.32. The van der Waals surface area contributed by atoms with Crippen LogP contribution in [-0.2, 0) is 32.7 Å². The molecular formula is C35H32N2O8S2. The van der Waals surface area contributed by atoms with E-state index in [-0.39, 0.29) is 16.4 Å². The van der Waals surface area contributed by atoms with Gasteiger partial charge >= 0.3 is 5.97 Å². The van der Waals surface area contributed by atoms with Crippen LogP contribution in [0.2, 0.25) is 0 Å². The van der Waals surface area contributed by atoms with Crippen LogP contribution in [0.4, 0.5) is 0 Å². The molecule has 0 radical (unpaired) electrons. The molecule has 0 bridgehead atoms. The van der Waals surface area contributed by atoms with Gasteiger partial charge in [-0.15, -0.1) is 0 Å². The zero-order chi connectivity index (χ0) is 33.4. The van der Waals surface area contributed by atoms with E-state index in [0.717, 1.165) is 4.90 Å². The number of allylic oxidation sites excluding steroid dienone is 1. The van der Waals surface area contributed by atoms with Gasteiger partial charge in [0.15, 0.2) is 18.4 Å². The molecule has 0 aromatic heterocycles. The van der Waals surface area contributed by atoms with Crippen LogP contribution >= 0.6 is 10.8 Å². The Hall–Kier alpha value is -5.07. The molecule has 1 N–H and O–H groups in total. The number of methoxy groups -OCH3 is 1. The first-order valence-electron chi connectivity index (χ1n) is 14.5. The Bertz CT molecular complexity index is 1800. The highest BCUT2D eigenvalue weighted by Crippen LogP contribution is 2.41. The van der Waals surface area contributed by atoms with Crippen LogP contribution in [0.1, 0.15) is 24.2 Å². The molecule has 0 aliphatic carbocycles. The molecular weight excluding hydrogens is 641 g/mol. The molecule has 2 amide bonds. The number of benzene rings is 4. The number of carbonyl (C=O) groups excluding carboxylic acids is 3. The van der Waals surface area contributed by atoms with Crippen LogP contribution in [0.3, 0.4) is 0 Å². The Kier molecular flexibility index (Phi) is 10.6. The fourth-order valence-electron chi connectivity index (χ4n) is 4.84. The quantitative estimate of drug-likeness (QED) is 0.0682. The summed E-state index contributed by atoms with van der Waals surface area (Å²) < 4.78 is 44.0. The normalized spacial score (nSPS) is 16.5. The summed E-state index contributed by atoms with van der Waals surface area (Å²) in [5.74, 6) is -1.84. The summed E-state index contributed by atoms with van der Waals surface area (Å²) in [6.45, 7) is 1.05. The highest BCUT2D eigenvalue weighted by molar-refractivity contribution is 8.72. The largest absolute Gasteiger partial charge is 0.499 e. The van der Waals surface area contributed by atoms with Crippen LogP contribution in [0.15, 0.2) is 138 Å². The van der Waals surface area contributed by atoms with E-state index < -0.39 is 50.8 Å². The van der Waals surface area contributed by atoms with Gasteiger partial charge in [-0.3, -0.25) is 14.5 Å². The van der Waals surface area contributed by atoms with Gasteiger partial charge in [-0.1, -0.05) is 97.1 Å². The maximum atomic E-state index is 14.0. The van der Waals surface area contributed by atoms with Gasteiger partial charge in [-0.25, -0.2) is 13.2 Å². The van der Waals surface area contributed by atoms with Gasteiger partial charge in [0.1, 0.15) is 22.9 Å². The third-order valence-electron chi connectivity index (χ3n) is 7.23. The molecule has 10 nitrogen and oxygen atoms in total. The zero-order valence-corrected chi connectivity index (χ0v) is 27.1. The van der Waals surface area contributed by atoms with Crippen LogP contribution in [0.5, 0.6) is 5.75 Å². The highest BCUT2D eigenvalue weighted by Gasteiger charge is 2.55. The first kappa shape index (κ1) is 33.3. The SMILES string of the molecule is CO/C(C)=C(\C(=O)OC(c1ccccc1)c1ccccc1)N1C(=O)C(NC(=O)COc2ccccc2)C1SS(=O)(=O)c1ccccc1. The van der Waals surface area contributed by atoms with E-state index in [2.05, 4.69) is 5.32 Å². The molecule has 47 heavy (non-hydrogen) atoms. The molecule has 242 valence electrons. The number of β-lactam (4-membered cyclic amide) rings is 1. The van der Waals surface area contributed by atoms with E-state index in [1.807, 2.05) is 36.4 Å². The van der Waals surface area contributed by atoms with Gasteiger partial charge in [-0.2, -0.15) is 0 Å². The van der Waals surface area contributed by atoms with Crippen molar-refractivity contribution >= 4 is 37.4 Å². The first-order valence-corrected chi connectivity index (χ1v) is 17.4. The minimum absolute atomic E-state index is 0.00780. The van der Waals surface area contributed by atoms with Crippen molar-refractivity contribution in [2.24, 2.45) is 0 Å². The van der Waals surface area contributed by atoms with Crippen molar-refractivity contribution in [3.8, 4) is 5.75 Å². The van der Waals surface area contributed by atoms with Crippen molar-refractivity contribution in [1.82, 2.24) is 10.2 Å². The molecule has 12 heteroatoms. The van der Waals surface area contributed by atoms with Crippen LogP contribution < -0.4 is 10.1 Å². The van der Waals surface area contributed by atoms with Crippen LogP contribution in [0.25, 0.3) is 0 Å². The maximum Gasteiger partial charge on any atom is 0.359 e. The van der Waals surface area contributed by atoms with E-state index in [0.29, 0.717) is 27.7 Å². The van der Waals surface area contributed by atoms with Gasteiger partial charge in [0, 0.05) is 10.8 Å². The number of nitrogens with zero attached hydrogens (tertiary/aromatic N) is 1. The molecule has 0 saturated carbocycles. The van der Waals surface area contributed by atoms with E-state index in [4.69, 9.17) is 14.2 Å². The van der Waals surface area contributed by atoms with E-state index in [1.54, 1.807) is 72.8 Å². The summed E-state index contributed by atoms with van der Waals surface area (Å²) in [4.78, 5) is 41.7. The number of para-hydroxylation sites is 1. The lowest BCUT2D eigenvalue weighted by atomic mass is 10.0. The number of amides is 2. The van der Waals surface area contributed by atoms with E-state index in [9.17, 15) is 22.8 Å². The number of hydrogen-bond acceptors (Lipinski definition) is 9. The highest BCUT2D eigenvalue weighted by atomic mass is 33.1. The number of carbonyl (C=O) groups is 3. The first-order chi connectivity index (χ1) is 22.7. The van der Waals surface area contributed by atoms with E-state index >= 15 is 0 Å². The Labute approximate surface area is 276 Å². The molecule has 1 aliphatic rings. The molecule has 0 spiro atoms. The van der Waals surface area contributed by atoms with E-state index in [1.165, 1.54) is 26.2 Å². The topological polar surface area (TPSA) is 128 Å². The monoisotopic (exact) mass is 672 g/mol. The Balaban J connectivity index is 1.45. The Morgan fingerprint density at radius 1 is 0.830 bits per heavy atom. The minimum atomic E-state index is -4.08. The number of ether oxygens (including phenoxy) is 3. The average Bonchev–Trinajstić information content (AvgIpc) is 3.11. The summed E-state index contributed by atoms with van der Waals surface area (Å²) in [6, 6.07) is 33.1. The Morgan fingerprint density at radius 2 is 1.34 bits per heavy atom. The fourth-order valence-corrected chi connectivity index (χ4v) is 8.33. The number of rotatable bonds is 13. The third kappa shape index (κ3) is 7.84. The molecule has 4 aromatic rings. The molecule has 2 atom stereocenters. The number of esters is 1. The maximum absolute atomic E-state index is 14.0. The summed E-state index contributed by atoms with van der Waals surface area (Å²) >= 11 is 0. The smallest absolute Gasteiger partial charge is 0.359 e. The van der Waals surface area contributed by atoms with Crippen LogP contribution in [-0.4, -0.2) is 56.2 Å². The van der Waals surface area contributed by atoms with Crippen molar-refractivity contribution in [3.63, 3.8) is 0 Å². The molecule has 1 saturated heterocycles. The second-order valence-electron chi connectivity index (χ2n) is 10.3. The van der Waals surface area contributed by atoms with Crippen molar-refractivity contribution in [2.45, 2.75) is 29.3 Å². The van der Waals surface area contributed by atoms with Gasteiger partial charge in [0.05, 0.1) is 12.0 Å². The van der Waals surface area contributed by atoms with Gasteiger partial charge in [0.25, 0.3) is 11.8 Å². The third-order valence-corrected chi connectivity index (χ3v) is 10.9. The number of likely N-dealkylation sites (tertiary alicyclic amines) is 1. The summed E-state index contributed by atoms with van der Waals surface area (Å²) in [5.41, 5.74) is 1.07. The summed E-state index contributed by atoms with van der Waals surface area (Å²) in [6.07, 6.45) is -0.856. The number of hydrogen-bond donors (Lipinski definition) is 1. The second kappa shape index (κ2) is 15.0. The minimum Gasteiger partial charge on any atom is -0.499 e. The standard InChI is InChI=1S/C35H32N2O8S2/c1-24(43-2)31(35(40)45-32(25-15-7-3-8-16-25)26-17-9-4-10-18-26)37-33(39)30(36-29(38)23-44-27-19-11-5-12-20-27)34(37)46-47(41,42)28-21-13-6-14-22-28/h3-22,30,32,34H,23H2,1-2H3,(H,36,38)/b31-24+. The van der Waals surface area contributed by atoms with Gasteiger partial charge < -0.3 is 19.5 Å². The molecule has 1 heterocycles. The van der Waals surface area contributed by atoms with Crippen molar-refractivity contribution in [3.05, 3.63) is 144 Å². The number of nitrogens with one attached hydrogen (secondary N) is 1. The predicted octanol–water partition coefficient (Wildman–Crippen LogP) is 5.05. The second-order valence-corrected chi connectivity index (χ2v) is 14.3. The molecule has 1 aliphatic heterocycles. The van der Waals surface area contributed by atoms with Crippen molar-refractivity contribution in [2.75, 3.05) is 13.7 Å². The molecule has 4 aromatic carbocycles. The molecule has 1 fully saturated rings. The predicted molar refractivity (Wildman–Crippen MR) is 176 cm³/mol. The summed E-state index contributed by atoms with van der Waals surface area (Å²) in [7, 11) is -2.33. The molecule has 2 unspecified atom stereocenters. The van der Waals surface area contributed by atoms with Gasteiger partial charge in [-0.05, 0) is 42.3 Å². The van der Waals surface area contributed by atoms with Crippen LogP contribution in [0, 0.1) is 0 Å². The lowest BCUT2D eigenvalue weighted by Crippen LogP contribution is -2.70. The fraction of sp³-hybridized carbons (Fsp3) is 0.171. The lowest BCUT2D eigenvalue weighted by molar-refractivity contribution is -0.155. The molecule has 5 rings (SSSR count). The lowest BCUT2D eigenvalue weighted by Gasteiger charge is -2.46. The average molecular weight is 673 g/mol. The van der Waals surface area contributed by atoms with Gasteiger partial charge in [0.2, 0.25) is 8.87 Å². The van der Waals surface area contributed by atoms with Crippen molar-refractivity contribution < 1.29 is 37.0 Å².